The van der Waals surface area contributed by atoms with E-state index >= 15 is 0 Å². The van der Waals surface area contributed by atoms with Crippen LogP contribution in [0.3, 0.4) is 0 Å². The van der Waals surface area contributed by atoms with Gasteiger partial charge in [0.25, 0.3) is 0 Å². The van der Waals surface area contributed by atoms with Crippen LogP contribution in [0.5, 0.6) is 0 Å². The number of amides is 2. The van der Waals surface area contributed by atoms with Crippen molar-refractivity contribution in [1.82, 2.24) is 10.6 Å². The molecule has 8 nitrogen and oxygen atoms in total. The summed E-state index contributed by atoms with van der Waals surface area (Å²) in [6.45, 7) is 4.96. The number of esters is 1. The van der Waals surface area contributed by atoms with Crippen molar-refractivity contribution in [1.29, 1.82) is 0 Å². The number of rotatable bonds is 10. The molecule has 0 bridgehead atoms. The maximum Gasteiger partial charge on any atom is 0.408 e. The molecule has 0 spiro atoms. The molecule has 0 saturated carbocycles. The van der Waals surface area contributed by atoms with Crippen LogP contribution < -0.4 is 10.6 Å². The van der Waals surface area contributed by atoms with E-state index in [9.17, 15) is 19.5 Å². The van der Waals surface area contributed by atoms with E-state index in [0.717, 1.165) is 11.1 Å². The zero-order chi connectivity index (χ0) is 23.5. The fourth-order valence-corrected chi connectivity index (χ4v) is 2.86. The van der Waals surface area contributed by atoms with Crippen LogP contribution >= 0.6 is 0 Å². The number of benzene rings is 2. The Kier molecular flexibility index (Phi) is 9.69. The van der Waals surface area contributed by atoms with Gasteiger partial charge in [-0.25, -0.2) is 9.59 Å². The van der Waals surface area contributed by atoms with Crippen LogP contribution in [0.4, 0.5) is 4.79 Å². The summed E-state index contributed by atoms with van der Waals surface area (Å²) in [7, 11) is 0. The monoisotopic (exact) mass is 442 g/mol. The molecule has 0 saturated heterocycles. The second-order valence-electron chi connectivity index (χ2n) is 7.75. The zero-order valence-corrected chi connectivity index (χ0v) is 18.5. The molecular formula is C24H30N2O6. The third kappa shape index (κ3) is 8.03. The molecule has 172 valence electrons. The molecule has 2 aromatic rings. The SMILES string of the molecule is CC(C)[C@@H](NC(=O)[C@@H](NC(=O)OCc1ccccc1)[C@@H](C)O)C(=O)OCc1ccccc1. The van der Waals surface area contributed by atoms with Gasteiger partial charge in [-0.05, 0) is 24.0 Å². The largest absolute Gasteiger partial charge is 0.459 e. The van der Waals surface area contributed by atoms with Crippen molar-refractivity contribution >= 4 is 18.0 Å². The number of carbonyl (C=O) groups excluding carboxylic acids is 3. The number of aliphatic hydroxyl groups excluding tert-OH is 1. The van der Waals surface area contributed by atoms with E-state index in [1.54, 1.807) is 26.0 Å². The summed E-state index contributed by atoms with van der Waals surface area (Å²) in [5.41, 5.74) is 1.60. The van der Waals surface area contributed by atoms with Crippen molar-refractivity contribution in [2.75, 3.05) is 0 Å². The van der Waals surface area contributed by atoms with E-state index in [4.69, 9.17) is 9.47 Å². The van der Waals surface area contributed by atoms with Gasteiger partial charge in [0.1, 0.15) is 25.3 Å². The predicted octanol–water partition coefficient (Wildman–Crippen LogP) is 2.55. The molecule has 0 aliphatic heterocycles. The smallest absolute Gasteiger partial charge is 0.408 e. The highest BCUT2D eigenvalue weighted by atomic mass is 16.5. The number of aliphatic hydroxyl groups is 1. The van der Waals surface area contributed by atoms with Gasteiger partial charge in [0.05, 0.1) is 6.10 Å². The first-order chi connectivity index (χ1) is 15.3. The fourth-order valence-electron chi connectivity index (χ4n) is 2.86. The molecule has 3 atom stereocenters. The van der Waals surface area contributed by atoms with Crippen molar-refractivity contribution in [3.63, 3.8) is 0 Å². The van der Waals surface area contributed by atoms with E-state index in [-0.39, 0.29) is 19.1 Å². The van der Waals surface area contributed by atoms with Crippen LogP contribution in [-0.4, -0.2) is 41.3 Å². The Labute approximate surface area is 187 Å². The van der Waals surface area contributed by atoms with Gasteiger partial charge >= 0.3 is 12.1 Å². The molecule has 0 heterocycles. The number of alkyl carbamates (subject to hydrolysis) is 1. The summed E-state index contributed by atoms with van der Waals surface area (Å²) in [5, 5.41) is 14.9. The molecule has 2 amide bonds. The van der Waals surface area contributed by atoms with Crippen molar-refractivity contribution in [2.45, 2.75) is 52.2 Å². The summed E-state index contributed by atoms with van der Waals surface area (Å²) >= 11 is 0. The minimum absolute atomic E-state index is 0.0151. The molecule has 0 aromatic heterocycles. The second kappa shape index (κ2) is 12.5. The molecule has 32 heavy (non-hydrogen) atoms. The normalized spacial score (nSPS) is 13.5. The minimum Gasteiger partial charge on any atom is -0.459 e. The Morgan fingerprint density at radius 3 is 1.75 bits per heavy atom. The highest BCUT2D eigenvalue weighted by molar-refractivity contribution is 5.90. The quantitative estimate of drug-likeness (QED) is 0.487. The van der Waals surface area contributed by atoms with Crippen molar-refractivity contribution in [2.24, 2.45) is 5.92 Å². The van der Waals surface area contributed by atoms with Crippen LogP contribution in [0.25, 0.3) is 0 Å². The van der Waals surface area contributed by atoms with Crippen LogP contribution in [0.2, 0.25) is 0 Å². The third-order valence-electron chi connectivity index (χ3n) is 4.69. The molecule has 0 aliphatic carbocycles. The number of hydrogen-bond acceptors (Lipinski definition) is 6. The highest BCUT2D eigenvalue weighted by Gasteiger charge is 2.32. The summed E-state index contributed by atoms with van der Waals surface area (Å²) in [6, 6.07) is 16.0. The molecule has 0 fully saturated rings. The maximum absolute atomic E-state index is 12.7. The standard InChI is InChI=1S/C24H30N2O6/c1-16(2)20(23(29)31-14-18-10-6-4-7-11-18)25-22(28)21(17(3)27)26-24(30)32-15-19-12-8-5-9-13-19/h4-13,16-17,20-21,27H,14-15H2,1-3H3,(H,25,28)(H,26,30)/t17-,20-,21+/m1/s1. The van der Waals surface area contributed by atoms with Gasteiger partial charge in [-0.2, -0.15) is 0 Å². The van der Waals surface area contributed by atoms with E-state index in [1.807, 2.05) is 48.5 Å². The Morgan fingerprint density at radius 2 is 1.28 bits per heavy atom. The summed E-state index contributed by atoms with van der Waals surface area (Å²) in [4.78, 5) is 37.4. The number of ether oxygens (including phenoxy) is 2. The number of carbonyl (C=O) groups is 3. The Morgan fingerprint density at radius 1 is 0.781 bits per heavy atom. The lowest BCUT2D eigenvalue weighted by Crippen LogP contribution is -2.57. The van der Waals surface area contributed by atoms with Gasteiger partial charge in [0.2, 0.25) is 5.91 Å². The van der Waals surface area contributed by atoms with Gasteiger partial charge < -0.3 is 25.2 Å². The maximum atomic E-state index is 12.7. The molecule has 0 radical (unpaired) electrons. The first-order valence-electron chi connectivity index (χ1n) is 10.4. The third-order valence-corrected chi connectivity index (χ3v) is 4.69. The fraction of sp³-hybridized carbons (Fsp3) is 0.375. The van der Waals surface area contributed by atoms with Crippen molar-refractivity contribution in [3.8, 4) is 0 Å². The predicted molar refractivity (Wildman–Crippen MR) is 118 cm³/mol. The van der Waals surface area contributed by atoms with Gasteiger partial charge in [-0.3, -0.25) is 4.79 Å². The summed E-state index contributed by atoms with van der Waals surface area (Å²) in [5.74, 6) is -1.60. The Balaban J connectivity index is 1.94. The Bertz CT molecular complexity index is 871. The first-order valence-corrected chi connectivity index (χ1v) is 10.4. The van der Waals surface area contributed by atoms with E-state index in [1.165, 1.54) is 6.92 Å². The van der Waals surface area contributed by atoms with Crippen molar-refractivity contribution in [3.05, 3.63) is 71.8 Å². The average Bonchev–Trinajstić information content (AvgIpc) is 2.78. The summed E-state index contributed by atoms with van der Waals surface area (Å²) in [6.07, 6.45) is -2.07. The molecular weight excluding hydrogens is 412 g/mol. The lowest BCUT2D eigenvalue weighted by Gasteiger charge is -2.25. The molecule has 3 N–H and O–H groups in total. The topological polar surface area (TPSA) is 114 Å². The lowest BCUT2D eigenvalue weighted by molar-refractivity contribution is -0.151. The lowest BCUT2D eigenvalue weighted by atomic mass is 10.0. The number of hydrogen-bond donors (Lipinski definition) is 3. The van der Waals surface area contributed by atoms with Gasteiger partial charge in [-0.15, -0.1) is 0 Å². The Hall–Kier alpha value is -3.39. The van der Waals surface area contributed by atoms with Gasteiger partial charge in [0.15, 0.2) is 0 Å². The van der Waals surface area contributed by atoms with E-state index in [0.29, 0.717) is 0 Å². The minimum atomic E-state index is -1.30. The van der Waals surface area contributed by atoms with Crippen LogP contribution in [0.15, 0.2) is 60.7 Å². The molecule has 0 aliphatic rings. The van der Waals surface area contributed by atoms with E-state index < -0.39 is 36.2 Å². The molecule has 2 aromatic carbocycles. The molecule has 2 rings (SSSR count). The van der Waals surface area contributed by atoms with Crippen LogP contribution in [-0.2, 0) is 32.3 Å². The van der Waals surface area contributed by atoms with Crippen molar-refractivity contribution < 1.29 is 29.0 Å². The van der Waals surface area contributed by atoms with Gasteiger partial charge in [-0.1, -0.05) is 74.5 Å². The number of nitrogens with one attached hydrogen (secondary N) is 2. The van der Waals surface area contributed by atoms with E-state index in [2.05, 4.69) is 10.6 Å². The second-order valence-corrected chi connectivity index (χ2v) is 7.75. The van der Waals surface area contributed by atoms with Crippen LogP contribution in [0.1, 0.15) is 31.9 Å². The van der Waals surface area contributed by atoms with Gasteiger partial charge in [0, 0.05) is 0 Å². The average molecular weight is 443 g/mol. The zero-order valence-electron chi connectivity index (χ0n) is 18.5. The highest BCUT2D eigenvalue weighted by Crippen LogP contribution is 2.09. The first kappa shape index (κ1) is 24.9. The summed E-state index contributed by atoms with van der Waals surface area (Å²) < 4.78 is 10.4. The molecule has 8 heteroatoms. The van der Waals surface area contributed by atoms with Crippen LogP contribution in [0, 0.1) is 5.92 Å². The molecule has 0 unspecified atom stereocenters.